The van der Waals surface area contributed by atoms with Gasteiger partial charge in [-0.25, -0.2) is 4.98 Å². The molecule has 96 valence electrons. The van der Waals surface area contributed by atoms with Crippen LogP contribution < -0.4 is 5.32 Å². The molecule has 1 aromatic carbocycles. The number of halogens is 2. The van der Waals surface area contributed by atoms with Crippen LogP contribution in [0.3, 0.4) is 0 Å². The van der Waals surface area contributed by atoms with E-state index in [1.54, 1.807) is 11.3 Å². The first-order chi connectivity index (χ1) is 8.49. The van der Waals surface area contributed by atoms with Crippen molar-refractivity contribution in [2.24, 2.45) is 0 Å². The highest BCUT2D eigenvalue weighted by molar-refractivity contribution is 9.13. The van der Waals surface area contributed by atoms with Crippen LogP contribution in [0.15, 0.2) is 38.7 Å². The number of nitrogens with zero attached hydrogens (tertiary/aromatic N) is 1. The van der Waals surface area contributed by atoms with Gasteiger partial charge in [-0.05, 0) is 63.4 Å². The standard InChI is InChI=1S/C13H14Br2N2S/c1-13(2,12-16-5-6-18-12)17-8-9-3-4-10(14)11(15)7-9/h3-7,17H,8H2,1-2H3. The van der Waals surface area contributed by atoms with E-state index in [0.717, 1.165) is 20.5 Å². The van der Waals surface area contributed by atoms with Crippen LogP contribution >= 0.6 is 43.2 Å². The molecule has 0 aliphatic carbocycles. The van der Waals surface area contributed by atoms with E-state index in [1.807, 2.05) is 11.6 Å². The van der Waals surface area contributed by atoms with E-state index < -0.39 is 0 Å². The van der Waals surface area contributed by atoms with Crippen molar-refractivity contribution in [3.8, 4) is 0 Å². The summed E-state index contributed by atoms with van der Waals surface area (Å²) in [7, 11) is 0. The molecule has 0 saturated heterocycles. The number of hydrogen-bond acceptors (Lipinski definition) is 3. The number of hydrogen-bond donors (Lipinski definition) is 1. The van der Waals surface area contributed by atoms with E-state index in [0.29, 0.717) is 0 Å². The number of nitrogens with one attached hydrogen (secondary N) is 1. The Hall–Kier alpha value is -0.230. The molecule has 2 nitrogen and oxygen atoms in total. The Kier molecular flexibility index (Phi) is 4.59. The molecule has 1 heterocycles. The molecule has 1 N–H and O–H groups in total. The van der Waals surface area contributed by atoms with Crippen LogP contribution in [0.25, 0.3) is 0 Å². The highest BCUT2D eigenvalue weighted by Gasteiger charge is 2.22. The SMILES string of the molecule is CC(C)(NCc1ccc(Br)c(Br)c1)c1nccs1. The maximum atomic E-state index is 4.37. The van der Waals surface area contributed by atoms with Crippen LogP contribution in [0, 0.1) is 0 Å². The molecule has 18 heavy (non-hydrogen) atoms. The summed E-state index contributed by atoms with van der Waals surface area (Å²) in [5.74, 6) is 0. The molecule has 2 aromatic rings. The highest BCUT2D eigenvalue weighted by atomic mass is 79.9. The molecule has 0 saturated carbocycles. The smallest absolute Gasteiger partial charge is 0.112 e. The fourth-order valence-electron chi connectivity index (χ4n) is 1.58. The van der Waals surface area contributed by atoms with E-state index in [-0.39, 0.29) is 5.54 Å². The molecule has 2 rings (SSSR count). The Morgan fingerprint density at radius 3 is 2.67 bits per heavy atom. The second-order valence-electron chi connectivity index (χ2n) is 4.56. The summed E-state index contributed by atoms with van der Waals surface area (Å²) < 4.78 is 2.15. The van der Waals surface area contributed by atoms with Gasteiger partial charge in [0.05, 0.1) is 5.54 Å². The van der Waals surface area contributed by atoms with E-state index in [4.69, 9.17) is 0 Å². The zero-order chi connectivity index (χ0) is 13.2. The number of aromatic nitrogens is 1. The molecular formula is C13H14Br2N2S. The Balaban J connectivity index is 2.05. The van der Waals surface area contributed by atoms with Gasteiger partial charge in [-0.1, -0.05) is 6.07 Å². The summed E-state index contributed by atoms with van der Waals surface area (Å²) in [6.45, 7) is 5.12. The average molecular weight is 390 g/mol. The van der Waals surface area contributed by atoms with Crippen molar-refractivity contribution >= 4 is 43.2 Å². The summed E-state index contributed by atoms with van der Waals surface area (Å²) >= 11 is 8.68. The summed E-state index contributed by atoms with van der Waals surface area (Å²) in [5, 5.41) is 6.65. The number of thiazole rings is 1. The fourth-order valence-corrected chi connectivity index (χ4v) is 2.99. The number of rotatable bonds is 4. The summed E-state index contributed by atoms with van der Waals surface area (Å²) in [6.07, 6.45) is 1.85. The van der Waals surface area contributed by atoms with Gasteiger partial charge in [0.15, 0.2) is 0 Å². The lowest BCUT2D eigenvalue weighted by Gasteiger charge is -2.24. The van der Waals surface area contributed by atoms with E-state index in [9.17, 15) is 0 Å². The lowest BCUT2D eigenvalue weighted by molar-refractivity contribution is 0.399. The summed E-state index contributed by atoms with van der Waals surface area (Å²) in [5.41, 5.74) is 1.14. The lowest BCUT2D eigenvalue weighted by Crippen LogP contribution is -2.35. The van der Waals surface area contributed by atoms with E-state index in [1.165, 1.54) is 5.56 Å². The van der Waals surface area contributed by atoms with Gasteiger partial charge < -0.3 is 5.32 Å². The molecule has 0 aliphatic heterocycles. The van der Waals surface area contributed by atoms with Crippen molar-refractivity contribution in [2.75, 3.05) is 0 Å². The van der Waals surface area contributed by atoms with E-state index >= 15 is 0 Å². The Bertz CT molecular complexity index is 524. The second kappa shape index (κ2) is 5.82. The van der Waals surface area contributed by atoms with Crippen LogP contribution in [0.4, 0.5) is 0 Å². The zero-order valence-corrected chi connectivity index (χ0v) is 14.2. The quantitative estimate of drug-likeness (QED) is 0.820. The molecule has 0 amide bonds. The van der Waals surface area contributed by atoms with Gasteiger partial charge in [-0.3, -0.25) is 0 Å². The van der Waals surface area contributed by atoms with Crippen molar-refractivity contribution in [3.05, 3.63) is 49.3 Å². The van der Waals surface area contributed by atoms with Gasteiger partial charge in [0.2, 0.25) is 0 Å². The van der Waals surface area contributed by atoms with Gasteiger partial charge in [0.25, 0.3) is 0 Å². The molecule has 5 heteroatoms. The van der Waals surface area contributed by atoms with Crippen LogP contribution in [0.5, 0.6) is 0 Å². The van der Waals surface area contributed by atoms with Crippen molar-refractivity contribution in [1.82, 2.24) is 10.3 Å². The number of benzene rings is 1. The van der Waals surface area contributed by atoms with Crippen LogP contribution in [-0.2, 0) is 12.1 Å². The molecule has 1 aromatic heterocycles. The van der Waals surface area contributed by atoms with Gasteiger partial charge in [0, 0.05) is 27.1 Å². The normalized spacial score (nSPS) is 11.8. The third kappa shape index (κ3) is 3.41. The topological polar surface area (TPSA) is 24.9 Å². The van der Waals surface area contributed by atoms with Crippen molar-refractivity contribution < 1.29 is 0 Å². The minimum atomic E-state index is -0.103. The van der Waals surface area contributed by atoms with Crippen LogP contribution in [-0.4, -0.2) is 4.98 Å². The molecule has 0 radical (unpaired) electrons. The summed E-state index contributed by atoms with van der Waals surface area (Å²) in [6, 6.07) is 6.28. The summed E-state index contributed by atoms with van der Waals surface area (Å²) in [4.78, 5) is 4.37. The molecular weight excluding hydrogens is 376 g/mol. The highest BCUT2D eigenvalue weighted by Crippen LogP contribution is 2.25. The predicted octanol–water partition coefficient (Wildman–Crippen LogP) is 4.69. The molecule has 0 bridgehead atoms. The van der Waals surface area contributed by atoms with Crippen molar-refractivity contribution in [3.63, 3.8) is 0 Å². The predicted molar refractivity (Wildman–Crippen MR) is 83.8 cm³/mol. The molecule has 0 atom stereocenters. The zero-order valence-electron chi connectivity index (χ0n) is 10.2. The first-order valence-electron chi connectivity index (χ1n) is 5.58. The third-order valence-electron chi connectivity index (χ3n) is 2.69. The largest absolute Gasteiger partial charge is 0.302 e. The van der Waals surface area contributed by atoms with Gasteiger partial charge >= 0.3 is 0 Å². The molecule has 0 aliphatic rings. The van der Waals surface area contributed by atoms with Crippen LogP contribution in [0.1, 0.15) is 24.4 Å². The second-order valence-corrected chi connectivity index (χ2v) is 7.17. The minimum absolute atomic E-state index is 0.103. The molecule has 0 unspecified atom stereocenters. The monoisotopic (exact) mass is 388 g/mol. The molecule has 0 fully saturated rings. The maximum absolute atomic E-state index is 4.37. The van der Waals surface area contributed by atoms with Crippen LogP contribution in [0.2, 0.25) is 0 Å². The Morgan fingerprint density at radius 1 is 1.28 bits per heavy atom. The lowest BCUT2D eigenvalue weighted by atomic mass is 10.1. The Labute approximate surface area is 128 Å². The minimum Gasteiger partial charge on any atom is -0.302 e. The average Bonchev–Trinajstić information content (AvgIpc) is 2.85. The Morgan fingerprint density at radius 2 is 2.06 bits per heavy atom. The first-order valence-corrected chi connectivity index (χ1v) is 8.04. The third-order valence-corrected chi connectivity index (χ3v) is 5.66. The van der Waals surface area contributed by atoms with Gasteiger partial charge in [-0.2, -0.15) is 0 Å². The fraction of sp³-hybridized carbons (Fsp3) is 0.308. The van der Waals surface area contributed by atoms with Crippen molar-refractivity contribution in [2.45, 2.75) is 25.9 Å². The van der Waals surface area contributed by atoms with Gasteiger partial charge in [-0.15, -0.1) is 11.3 Å². The maximum Gasteiger partial charge on any atom is 0.112 e. The molecule has 0 spiro atoms. The first kappa shape index (κ1) is 14.2. The van der Waals surface area contributed by atoms with E-state index in [2.05, 4.69) is 74.2 Å². The van der Waals surface area contributed by atoms with Gasteiger partial charge in [0.1, 0.15) is 5.01 Å². The van der Waals surface area contributed by atoms with Crippen molar-refractivity contribution in [1.29, 1.82) is 0 Å².